The van der Waals surface area contributed by atoms with Gasteiger partial charge >= 0.3 is 0 Å². The van der Waals surface area contributed by atoms with E-state index in [0.29, 0.717) is 25.2 Å². The van der Waals surface area contributed by atoms with E-state index in [9.17, 15) is 0 Å². The molecule has 3 nitrogen and oxygen atoms in total. The van der Waals surface area contributed by atoms with Gasteiger partial charge in [-0.1, -0.05) is 31.9 Å². The number of benzene rings is 1. The molecular weight excluding hydrogens is 250 g/mol. The van der Waals surface area contributed by atoms with E-state index in [-0.39, 0.29) is 6.04 Å². The van der Waals surface area contributed by atoms with Gasteiger partial charge < -0.3 is 15.2 Å². The maximum absolute atomic E-state index is 6.22. The molecule has 0 amide bonds. The maximum atomic E-state index is 6.22. The van der Waals surface area contributed by atoms with Crippen molar-refractivity contribution in [1.29, 1.82) is 0 Å². The molecule has 0 aliphatic heterocycles. The molecule has 1 aromatic carbocycles. The second kappa shape index (κ2) is 7.65. The van der Waals surface area contributed by atoms with Gasteiger partial charge in [-0.3, -0.25) is 0 Å². The first-order chi connectivity index (χ1) is 9.70. The summed E-state index contributed by atoms with van der Waals surface area (Å²) in [4.78, 5) is 0. The summed E-state index contributed by atoms with van der Waals surface area (Å²) >= 11 is 0. The van der Waals surface area contributed by atoms with Crippen molar-refractivity contribution in [3.63, 3.8) is 0 Å². The predicted molar refractivity (Wildman–Crippen MR) is 81.9 cm³/mol. The second-order valence-electron chi connectivity index (χ2n) is 5.74. The van der Waals surface area contributed by atoms with Crippen LogP contribution < -0.4 is 10.5 Å². The van der Waals surface area contributed by atoms with Crippen molar-refractivity contribution < 1.29 is 9.47 Å². The third kappa shape index (κ3) is 4.22. The van der Waals surface area contributed by atoms with Crippen molar-refractivity contribution in [2.45, 2.75) is 51.7 Å². The van der Waals surface area contributed by atoms with Gasteiger partial charge in [0, 0.05) is 0 Å². The molecule has 2 rings (SSSR count). The molecule has 20 heavy (non-hydrogen) atoms. The van der Waals surface area contributed by atoms with Crippen LogP contribution in [0.3, 0.4) is 0 Å². The monoisotopic (exact) mass is 277 g/mol. The molecule has 3 atom stereocenters. The van der Waals surface area contributed by atoms with Crippen LogP contribution in [-0.4, -0.2) is 19.3 Å². The van der Waals surface area contributed by atoms with Crippen molar-refractivity contribution in [3.8, 4) is 5.75 Å². The van der Waals surface area contributed by atoms with E-state index in [4.69, 9.17) is 15.2 Å². The highest BCUT2D eigenvalue weighted by atomic mass is 16.5. The Morgan fingerprint density at radius 1 is 1.20 bits per heavy atom. The van der Waals surface area contributed by atoms with Gasteiger partial charge in [0.05, 0.1) is 25.4 Å². The van der Waals surface area contributed by atoms with Crippen LogP contribution in [-0.2, 0) is 4.74 Å². The molecule has 2 N–H and O–H groups in total. The summed E-state index contributed by atoms with van der Waals surface area (Å²) in [5.74, 6) is 1.56. The third-order valence-corrected chi connectivity index (χ3v) is 4.14. The van der Waals surface area contributed by atoms with Crippen molar-refractivity contribution in [1.82, 2.24) is 0 Å². The van der Waals surface area contributed by atoms with Crippen LogP contribution in [0.4, 0.5) is 0 Å². The average Bonchev–Trinajstić information content (AvgIpc) is 2.47. The fourth-order valence-corrected chi connectivity index (χ4v) is 2.83. The van der Waals surface area contributed by atoms with Crippen molar-refractivity contribution in [2.24, 2.45) is 11.7 Å². The first-order valence-corrected chi connectivity index (χ1v) is 7.80. The lowest BCUT2D eigenvalue weighted by Gasteiger charge is -2.29. The van der Waals surface area contributed by atoms with Crippen LogP contribution in [0.5, 0.6) is 5.75 Å². The predicted octanol–water partition coefficient (Wildman–Crippen LogP) is 3.68. The van der Waals surface area contributed by atoms with Crippen molar-refractivity contribution >= 4 is 0 Å². The van der Waals surface area contributed by atoms with Crippen LogP contribution in [0.1, 0.15) is 51.1 Å². The number of hydrogen-bond donors (Lipinski definition) is 1. The molecule has 0 aromatic heterocycles. The van der Waals surface area contributed by atoms with Crippen LogP contribution >= 0.6 is 0 Å². The Kier molecular flexibility index (Phi) is 5.86. The highest BCUT2D eigenvalue weighted by molar-refractivity contribution is 5.29. The first kappa shape index (κ1) is 15.3. The Hall–Kier alpha value is -1.06. The van der Waals surface area contributed by atoms with Gasteiger partial charge in [0.1, 0.15) is 5.75 Å². The minimum atomic E-state index is -0.0557. The van der Waals surface area contributed by atoms with Crippen LogP contribution in [0.25, 0.3) is 0 Å². The Balaban J connectivity index is 1.83. The number of rotatable bonds is 6. The van der Waals surface area contributed by atoms with Gasteiger partial charge in [0.15, 0.2) is 0 Å². The molecule has 1 fully saturated rings. The molecule has 0 radical (unpaired) electrons. The van der Waals surface area contributed by atoms with Gasteiger partial charge in [-0.2, -0.15) is 0 Å². The van der Waals surface area contributed by atoms with E-state index in [0.717, 1.165) is 11.3 Å². The molecule has 0 heterocycles. The maximum Gasteiger partial charge on any atom is 0.119 e. The zero-order valence-electron chi connectivity index (χ0n) is 12.7. The second-order valence-corrected chi connectivity index (χ2v) is 5.74. The van der Waals surface area contributed by atoms with E-state index in [1.807, 2.05) is 31.2 Å². The number of ether oxygens (including phenoxy) is 2. The van der Waals surface area contributed by atoms with Gasteiger partial charge in [0.2, 0.25) is 0 Å². The molecule has 0 saturated heterocycles. The molecule has 0 spiro atoms. The van der Waals surface area contributed by atoms with Crippen molar-refractivity contribution in [3.05, 3.63) is 29.8 Å². The Labute approximate surface area is 122 Å². The average molecular weight is 277 g/mol. The lowest BCUT2D eigenvalue weighted by molar-refractivity contribution is -0.0113. The number of nitrogens with two attached hydrogens (primary N) is 1. The van der Waals surface area contributed by atoms with E-state index in [1.54, 1.807) is 0 Å². The summed E-state index contributed by atoms with van der Waals surface area (Å²) < 4.78 is 11.5. The van der Waals surface area contributed by atoms with E-state index in [2.05, 4.69) is 6.92 Å². The highest BCUT2D eigenvalue weighted by Gasteiger charge is 2.22. The summed E-state index contributed by atoms with van der Waals surface area (Å²) in [7, 11) is 0. The molecule has 3 heteroatoms. The third-order valence-electron chi connectivity index (χ3n) is 4.14. The minimum absolute atomic E-state index is 0.0557. The van der Waals surface area contributed by atoms with Gasteiger partial charge in [0.25, 0.3) is 0 Å². The zero-order valence-corrected chi connectivity index (χ0v) is 12.7. The molecule has 1 aromatic rings. The topological polar surface area (TPSA) is 44.5 Å². The summed E-state index contributed by atoms with van der Waals surface area (Å²) in [5.41, 5.74) is 7.32. The fraction of sp³-hybridized carbons (Fsp3) is 0.647. The molecule has 112 valence electrons. The summed E-state index contributed by atoms with van der Waals surface area (Å²) in [6, 6.07) is 7.95. The smallest absolute Gasteiger partial charge is 0.119 e. The molecule has 0 bridgehead atoms. The van der Waals surface area contributed by atoms with Gasteiger partial charge in [-0.25, -0.2) is 0 Å². The minimum Gasteiger partial charge on any atom is -0.494 e. The number of hydrogen-bond acceptors (Lipinski definition) is 3. The van der Waals surface area contributed by atoms with Crippen molar-refractivity contribution in [2.75, 3.05) is 13.2 Å². The quantitative estimate of drug-likeness (QED) is 0.862. The van der Waals surface area contributed by atoms with Crippen LogP contribution in [0.15, 0.2) is 24.3 Å². The Morgan fingerprint density at radius 3 is 2.55 bits per heavy atom. The Bertz CT molecular complexity index is 390. The molecule has 1 aliphatic carbocycles. The summed E-state index contributed by atoms with van der Waals surface area (Å²) in [6.45, 7) is 5.56. The molecular formula is C17H27NO2. The Morgan fingerprint density at radius 2 is 1.90 bits per heavy atom. The van der Waals surface area contributed by atoms with E-state index >= 15 is 0 Å². The van der Waals surface area contributed by atoms with Crippen LogP contribution in [0.2, 0.25) is 0 Å². The molecule has 3 unspecified atom stereocenters. The highest BCUT2D eigenvalue weighted by Crippen LogP contribution is 2.27. The molecule has 1 aliphatic rings. The molecule has 1 saturated carbocycles. The zero-order chi connectivity index (χ0) is 14.4. The lowest BCUT2D eigenvalue weighted by Crippen LogP contribution is -2.29. The lowest BCUT2D eigenvalue weighted by atomic mass is 9.88. The van der Waals surface area contributed by atoms with Crippen LogP contribution in [0, 0.1) is 5.92 Å². The normalized spacial score (nSPS) is 24.4. The van der Waals surface area contributed by atoms with Gasteiger partial charge in [-0.05, 0) is 43.4 Å². The van der Waals surface area contributed by atoms with E-state index in [1.165, 1.54) is 25.7 Å². The SMILES string of the molecule is CCOc1ccc(C(N)COC2CCCCC2C)cc1. The summed E-state index contributed by atoms with van der Waals surface area (Å²) in [5, 5.41) is 0. The van der Waals surface area contributed by atoms with E-state index < -0.39 is 0 Å². The van der Waals surface area contributed by atoms with Gasteiger partial charge in [-0.15, -0.1) is 0 Å². The first-order valence-electron chi connectivity index (χ1n) is 7.80. The fourth-order valence-electron chi connectivity index (χ4n) is 2.83. The standard InChI is InChI=1S/C17H27NO2/c1-3-19-15-10-8-14(9-11-15)16(18)12-20-17-7-5-4-6-13(17)2/h8-11,13,16-17H,3-7,12,18H2,1-2H3. The largest absolute Gasteiger partial charge is 0.494 e. The summed E-state index contributed by atoms with van der Waals surface area (Å²) in [6.07, 6.45) is 5.47.